The number of pyridine rings is 1. The maximum Gasteiger partial charge on any atom is 0.254 e. The van der Waals surface area contributed by atoms with Gasteiger partial charge < -0.3 is 9.80 Å². The van der Waals surface area contributed by atoms with E-state index in [1.54, 1.807) is 0 Å². The minimum absolute atomic E-state index is 0.0664. The Hall–Kier alpha value is -3.51. The lowest BCUT2D eigenvalue weighted by molar-refractivity contribution is -0.136. The average molecular weight is 525 g/mol. The number of carbonyl (C=O) groups excluding carboxylic acids is 2. The summed E-state index contributed by atoms with van der Waals surface area (Å²) < 4.78 is 0. The van der Waals surface area contributed by atoms with E-state index in [4.69, 9.17) is 4.98 Å². The van der Waals surface area contributed by atoms with Gasteiger partial charge in [-0.25, -0.2) is 4.98 Å². The predicted molar refractivity (Wildman–Crippen MR) is 156 cm³/mol. The van der Waals surface area contributed by atoms with Gasteiger partial charge in [0.05, 0.1) is 11.4 Å². The summed E-state index contributed by atoms with van der Waals surface area (Å²) in [6, 6.07) is 24.5. The highest BCUT2D eigenvalue weighted by Gasteiger charge is 2.31. The van der Waals surface area contributed by atoms with E-state index in [0.717, 1.165) is 87.5 Å². The molecule has 0 saturated carbocycles. The van der Waals surface area contributed by atoms with Gasteiger partial charge in [0, 0.05) is 67.9 Å². The molecule has 3 heterocycles. The predicted octanol–water partition coefficient (Wildman–Crippen LogP) is 5.60. The van der Waals surface area contributed by atoms with E-state index in [9.17, 15) is 9.59 Å². The molecule has 2 aromatic carbocycles. The average Bonchev–Trinajstić information content (AvgIpc) is 3.01. The van der Waals surface area contributed by atoms with Gasteiger partial charge in [0.1, 0.15) is 0 Å². The monoisotopic (exact) mass is 524 g/mol. The van der Waals surface area contributed by atoms with Crippen molar-refractivity contribution in [3.05, 3.63) is 78.4 Å². The number of hydrogen-bond donors (Lipinski definition) is 0. The van der Waals surface area contributed by atoms with Crippen LogP contribution in [0.3, 0.4) is 0 Å². The second-order valence-corrected chi connectivity index (χ2v) is 10.9. The summed E-state index contributed by atoms with van der Waals surface area (Å²) in [4.78, 5) is 37.9. The van der Waals surface area contributed by atoms with Crippen LogP contribution in [0.4, 0.5) is 0 Å². The van der Waals surface area contributed by atoms with Gasteiger partial charge in [-0.15, -0.1) is 0 Å². The van der Waals surface area contributed by atoms with E-state index in [1.807, 2.05) is 77.7 Å². The minimum atomic E-state index is 0.0664. The molecule has 0 spiro atoms. The molecular formula is C33H40N4O2. The first-order chi connectivity index (χ1) is 19.0. The van der Waals surface area contributed by atoms with Crippen molar-refractivity contribution in [3.63, 3.8) is 0 Å². The van der Waals surface area contributed by atoms with E-state index in [2.05, 4.69) is 23.6 Å². The normalized spacial score (nSPS) is 17.7. The highest BCUT2D eigenvalue weighted by molar-refractivity contribution is 5.96. The Labute approximate surface area is 232 Å². The first kappa shape index (κ1) is 27.1. The molecule has 2 fully saturated rings. The smallest absolute Gasteiger partial charge is 0.254 e. The van der Waals surface area contributed by atoms with Crippen LogP contribution < -0.4 is 0 Å². The van der Waals surface area contributed by atoms with E-state index in [0.29, 0.717) is 17.5 Å². The summed E-state index contributed by atoms with van der Waals surface area (Å²) in [6.07, 6.45) is 4.05. The summed E-state index contributed by atoms with van der Waals surface area (Å²) in [5, 5.41) is 0. The SMILES string of the molecule is CCCC(C)C(=O)N1CCC(N2CCN(C(=O)c3cc(-c4ccccc4)nc(-c4ccccc4)c3)CC2)CC1. The van der Waals surface area contributed by atoms with Crippen molar-refractivity contribution in [2.45, 2.75) is 45.6 Å². The number of nitrogens with zero attached hydrogens (tertiary/aromatic N) is 4. The topological polar surface area (TPSA) is 56.8 Å². The zero-order valence-corrected chi connectivity index (χ0v) is 23.3. The largest absolute Gasteiger partial charge is 0.342 e. The Morgan fingerprint density at radius 2 is 1.33 bits per heavy atom. The van der Waals surface area contributed by atoms with Gasteiger partial charge in [-0.1, -0.05) is 80.9 Å². The lowest BCUT2D eigenvalue weighted by atomic mass is 9.98. The molecule has 0 N–H and O–H groups in total. The molecule has 2 amide bonds. The van der Waals surface area contributed by atoms with Crippen LogP contribution in [0, 0.1) is 5.92 Å². The number of amides is 2. The first-order valence-electron chi connectivity index (χ1n) is 14.5. The fraction of sp³-hybridized carbons (Fsp3) is 0.424. The first-order valence-corrected chi connectivity index (χ1v) is 14.5. The molecule has 3 aromatic rings. The number of piperidine rings is 1. The molecule has 1 atom stereocenters. The molecule has 5 rings (SSSR count). The number of aromatic nitrogens is 1. The summed E-state index contributed by atoms with van der Waals surface area (Å²) in [6.45, 7) is 9.07. The summed E-state index contributed by atoms with van der Waals surface area (Å²) in [7, 11) is 0. The molecule has 39 heavy (non-hydrogen) atoms. The Morgan fingerprint density at radius 1 is 0.795 bits per heavy atom. The van der Waals surface area contributed by atoms with Crippen LogP contribution in [0.5, 0.6) is 0 Å². The van der Waals surface area contributed by atoms with Gasteiger partial charge in [0.2, 0.25) is 5.91 Å². The number of hydrogen-bond acceptors (Lipinski definition) is 4. The van der Waals surface area contributed by atoms with Gasteiger partial charge >= 0.3 is 0 Å². The van der Waals surface area contributed by atoms with Crippen molar-refractivity contribution in [1.29, 1.82) is 0 Å². The van der Waals surface area contributed by atoms with E-state index >= 15 is 0 Å². The molecule has 0 radical (unpaired) electrons. The van der Waals surface area contributed by atoms with E-state index < -0.39 is 0 Å². The number of rotatable bonds is 7. The third kappa shape index (κ3) is 6.39. The van der Waals surface area contributed by atoms with Crippen molar-refractivity contribution in [1.82, 2.24) is 19.7 Å². The van der Waals surface area contributed by atoms with Crippen LogP contribution in [0.15, 0.2) is 72.8 Å². The molecule has 0 bridgehead atoms. The molecule has 1 unspecified atom stereocenters. The van der Waals surface area contributed by atoms with Crippen molar-refractivity contribution in [2.75, 3.05) is 39.3 Å². The van der Waals surface area contributed by atoms with Gasteiger partial charge in [-0.3, -0.25) is 14.5 Å². The van der Waals surface area contributed by atoms with Crippen LogP contribution >= 0.6 is 0 Å². The van der Waals surface area contributed by atoms with Crippen molar-refractivity contribution >= 4 is 11.8 Å². The summed E-state index contributed by atoms with van der Waals surface area (Å²) in [5.74, 6) is 0.503. The van der Waals surface area contributed by atoms with Gasteiger partial charge in [-0.2, -0.15) is 0 Å². The Balaban J connectivity index is 1.24. The molecular weight excluding hydrogens is 484 g/mol. The second-order valence-electron chi connectivity index (χ2n) is 10.9. The molecule has 6 heteroatoms. The van der Waals surface area contributed by atoms with Crippen LogP contribution in [0.1, 0.15) is 49.9 Å². The van der Waals surface area contributed by atoms with Crippen LogP contribution in [-0.4, -0.2) is 76.8 Å². The van der Waals surface area contributed by atoms with Crippen molar-refractivity contribution in [3.8, 4) is 22.5 Å². The highest BCUT2D eigenvalue weighted by Crippen LogP contribution is 2.26. The fourth-order valence-corrected chi connectivity index (χ4v) is 5.96. The summed E-state index contributed by atoms with van der Waals surface area (Å²) >= 11 is 0. The van der Waals surface area contributed by atoms with Crippen molar-refractivity contribution in [2.24, 2.45) is 5.92 Å². The fourth-order valence-electron chi connectivity index (χ4n) is 5.96. The van der Waals surface area contributed by atoms with Gasteiger partial charge in [0.25, 0.3) is 5.91 Å². The van der Waals surface area contributed by atoms with E-state index in [-0.39, 0.29) is 11.8 Å². The lowest BCUT2D eigenvalue weighted by Gasteiger charge is -2.43. The maximum absolute atomic E-state index is 13.7. The van der Waals surface area contributed by atoms with Crippen LogP contribution in [-0.2, 0) is 4.79 Å². The standard InChI is InChI=1S/C33H40N4O2/c1-3-10-25(2)32(38)36-17-15-29(16-18-36)35-19-21-37(22-20-35)33(39)28-23-30(26-11-6-4-7-12-26)34-31(24-28)27-13-8-5-9-14-27/h4-9,11-14,23-25,29H,3,10,15-22H2,1-2H3. The minimum Gasteiger partial charge on any atom is -0.342 e. The molecule has 0 aliphatic carbocycles. The Kier molecular flexibility index (Phi) is 8.72. The molecule has 204 valence electrons. The second kappa shape index (κ2) is 12.6. The highest BCUT2D eigenvalue weighted by atomic mass is 16.2. The van der Waals surface area contributed by atoms with Gasteiger partial charge in [0.15, 0.2) is 0 Å². The molecule has 6 nitrogen and oxygen atoms in total. The Morgan fingerprint density at radius 3 is 1.85 bits per heavy atom. The van der Waals surface area contributed by atoms with Crippen LogP contribution in [0.2, 0.25) is 0 Å². The Bertz CT molecular complexity index is 1190. The molecule has 2 aliphatic heterocycles. The quantitative estimate of drug-likeness (QED) is 0.404. The summed E-state index contributed by atoms with van der Waals surface area (Å²) in [5.41, 5.74) is 4.32. The van der Waals surface area contributed by atoms with Crippen molar-refractivity contribution < 1.29 is 9.59 Å². The van der Waals surface area contributed by atoms with Gasteiger partial charge in [-0.05, 0) is 31.4 Å². The van der Waals surface area contributed by atoms with E-state index in [1.165, 1.54) is 0 Å². The maximum atomic E-state index is 13.7. The number of benzene rings is 2. The lowest BCUT2D eigenvalue weighted by Crippen LogP contribution is -2.55. The molecule has 2 saturated heterocycles. The zero-order chi connectivity index (χ0) is 27.2. The third-order valence-corrected chi connectivity index (χ3v) is 8.25. The number of likely N-dealkylation sites (tertiary alicyclic amines) is 1. The van der Waals surface area contributed by atoms with Crippen LogP contribution in [0.25, 0.3) is 22.5 Å². The molecule has 2 aliphatic rings. The number of carbonyl (C=O) groups is 2. The molecule has 1 aromatic heterocycles. The number of piperazine rings is 1. The third-order valence-electron chi connectivity index (χ3n) is 8.25. The zero-order valence-electron chi connectivity index (χ0n) is 23.3.